The smallest absolute Gasteiger partial charge is 0.121 e. The molecule has 0 fully saturated rings. The summed E-state index contributed by atoms with van der Waals surface area (Å²) in [5, 5.41) is 6.58. The molecule has 2 aliphatic rings. The molecular formula is C59H64IrN2O-2. The third kappa shape index (κ3) is 8.32. The molecule has 1 radical (unpaired) electrons. The Morgan fingerprint density at radius 2 is 1.25 bits per heavy atom. The first kappa shape index (κ1) is 35.7. The molecule has 3 heterocycles. The van der Waals surface area contributed by atoms with Gasteiger partial charge in [-0.2, -0.15) is 0 Å². The second kappa shape index (κ2) is 15.8. The molecule has 0 saturated heterocycles. The van der Waals surface area contributed by atoms with Gasteiger partial charge in [-0.05, 0) is 145 Å². The monoisotopic (exact) mass is 1020 g/mol. The van der Waals surface area contributed by atoms with Crippen LogP contribution in [0.3, 0.4) is 0 Å². The Hall–Kier alpha value is -4.63. The van der Waals surface area contributed by atoms with Crippen molar-refractivity contribution < 1.29 is 35.5 Å². The number of furan rings is 1. The van der Waals surface area contributed by atoms with E-state index in [1.165, 1.54) is 45.6 Å². The summed E-state index contributed by atoms with van der Waals surface area (Å²) < 4.78 is 71.2. The van der Waals surface area contributed by atoms with Crippen molar-refractivity contribution in [2.75, 3.05) is 0 Å². The number of hydrogen-bond donors (Lipinski definition) is 0. The van der Waals surface area contributed by atoms with Gasteiger partial charge in [0.25, 0.3) is 0 Å². The number of fused-ring (bicyclic) bond motifs is 8. The van der Waals surface area contributed by atoms with Gasteiger partial charge in [0.1, 0.15) is 5.58 Å². The average Bonchev–Trinajstić information content (AvgIpc) is 3.65. The second-order valence-corrected chi connectivity index (χ2v) is 21.6. The van der Waals surface area contributed by atoms with Crippen LogP contribution in [-0.2, 0) is 48.1 Å². The molecule has 0 amide bonds. The quantitative estimate of drug-likeness (QED) is 0.131. The Balaban J connectivity index is 0.000000228. The minimum atomic E-state index is -2.51. The number of aromatic nitrogens is 2. The van der Waals surface area contributed by atoms with Gasteiger partial charge < -0.3 is 14.4 Å². The van der Waals surface area contributed by atoms with E-state index in [4.69, 9.17) is 15.4 Å². The molecule has 0 bridgehead atoms. The molecule has 0 unspecified atom stereocenters. The third-order valence-corrected chi connectivity index (χ3v) is 13.9. The van der Waals surface area contributed by atoms with Crippen molar-refractivity contribution in [3.63, 3.8) is 0 Å². The molecule has 10 rings (SSSR count). The summed E-state index contributed by atoms with van der Waals surface area (Å²) in [4.78, 5) is 9.18. The van der Waals surface area contributed by atoms with Crippen LogP contribution in [0.5, 0.6) is 0 Å². The van der Waals surface area contributed by atoms with Gasteiger partial charge in [0, 0.05) is 48.9 Å². The van der Waals surface area contributed by atoms with Crippen LogP contribution in [0.2, 0.25) is 0 Å². The largest absolute Gasteiger partial charge is 0.501 e. The summed E-state index contributed by atoms with van der Waals surface area (Å²) >= 11 is 0. The standard InChI is InChI=1S/C39H40NO.C20H24N.Ir/c1-23-22-40-34(18-26(23)21-37(2,3)4)28-11-9-10-27-31-16-24-12-13-25-17-32-33(39(7,8)15-14-38(32,5)6)19-29(25)30(24)20-35(31)41-36(27)28;1-14-6-8-15(9-7-14)18-12-16-17(13-21-18)20(4,5)11-10-19(16,2)3;/h9-10,12-13,16-20,22H,14-15,21H2,1-8H3;6-8,12-13H,10-11H2,1-5H3;/q2*-1;/i1D3,21D2;1D3;. The van der Waals surface area contributed by atoms with Gasteiger partial charge in [0.05, 0.1) is 5.58 Å². The van der Waals surface area contributed by atoms with E-state index < -0.39 is 25.5 Å². The SMILES string of the molecule is [2H]C([2H])([2H])c1c[c-]c(-c2cc3c(cn2)C(C)(C)CCC3(C)C)cc1.[2H]C([2H])([2H])c1cnc(-c2[c-]ccc3c2oc2cc4c(ccc5cc6c(cc54)C(C)(C)CCC6(C)C)cc23)cc1C([2H])([2H])C(C)(C)C.[Ir]. The summed E-state index contributed by atoms with van der Waals surface area (Å²) in [7, 11) is 0. The minimum absolute atomic E-state index is 0. The van der Waals surface area contributed by atoms with Gasteiger partial charge >= 0.3 is 0 Å². The average molecular weight is 1020 g/mol. The van der Waals surface area contributed by atoms with E-state index in [9.17, 15) is 0 Å². The number of pyridine rings is 2. The van der Waals surface area contributed by atoms with Crippen molar-refractivity contribution >= 4 is 43.5 Å². The summed E-state index contributed by atoms with van der Waals surface area (Å²) in [5.41, 5.74) is 9.53. The zero-order chi connectivity index (χ0) is 50.9. The minimum Gasteiger partial charge on any atom is -0.501 e. The molecular weight excluding hydrogens is 945 g/mol. The van der Waals surface area contributed by atoms with Crippen molar-refractivity contribution in [2.24, 2.45) is 5.41 Å². The normalized spacial score (nSPS) is 19.7. The predicted molar refractivity (Wildman–Crippen MR) is 263 cm³/mol. The zero-order valence-corrected chi connectivity index (χ0v) is 41.0. The van der Waals surface area contributed by atoms with Crippen LogP contribution in [0.1, 0.15) is 152 Å². The zero-order valence-electron chi connectivity index (χ0n) is 46.6. The first-order valence-electron chi connectivity index (χ1n) is 26.1. The van der Waals surface area contributed by atoms with Crippen LogP contribution in [0.25, 0.3) is 66.0 Å². The summed E-state index contributed by atoms with van der Waals surface area (Å²) in [6.07, 6.45) is 5.99. The van der Waals surface area contributed by atoms with Crippen molar-refractivity contribution in [1.82, 2.24) is 9.97 Å². The van der Waals surface area contributed by atoms with Gasteiger partial charge in [-0.3, -0.25) is 0 Å². The first-order valence-corrected chi connectivity index (χ1v) is 22.1. The maximum Gasteiger partial charge on any atom is 0.121 e. The Morgan fingerprint density at radius 1 is 0.635 bits per heavy atom. The van der Waals surface area contributed by atoms with Gasteiger partial charge in [-0.15, -0.1) is 53.6 Å². The van der Waals surface area contributed by atoms with E-state index in [1.807, 2.05) is 18.3 Å². The molecule has 0 aliphatic heterocycles. The fourth-order valence-electron chi connectivity index (χ4n) is 9.83. The Bertz CT molecular complexity index is 3370. The van der Waals surface area contributed by atoms with Crippen molar-refractivity contribution in [2.45, 2.75) is 144 Å². The molecule has 3 aromatic heterocycles. The van der Waals surface area contributed by atoms with Crippen LogP contribution in [0.15, 0.2) is 95.7 Å². The van der Waals surface area contributed by atoms with Gasteiger partial charge in [-0.1, -0.05) is 130 Å². The Labute approximate surface area is 401 Å². The van der Waals surface area contributed by atoms with E-state index in [1.54, 1.807) is 45.0 Å². The predicted octanol–water partition coefficient (Wildman–Crippen LogP) is 16.2. The fourth-order valence-corrected chi connectivity index (χ4v) is 9.83. The van der Waals surface area contributed by atoms with Gasteiger partial charge in [-0.25, -0.2) is 0 Å². The van der Waals surface area contributed by atoms with E-state index in [0.717, 1.165) is 57.6 Å². The van der Waals surface area contributed by atoms with E-state index in [-0.39, 0.29) is 52.9 Å². The van der Waals surface area contributed by atoms with Crippen molar-refractivity contribution in [3.8, 4) is 22.5 Å². The maximum atomic E-state index is 8.96. The molecule has 0 atom stereocenters. The third-order valence-electron chi connectivity index (χ3n) is 13.9. The Morgan fingerprint density at radius 3 is 1.89 bits per heavy atom. The molecule has 5 aromatic carbocycles. The summed E-state index contributed by atoms with van der Waals surface area (Å²) in [6, 6.07) is 32.4. The van der Waals surface area contributed by atoms with Crippen LogP contribution >= 0.6 is 0 Å². The second-order valence-electron chi connectivity index (χ2n) is 21.6. The molecule has 0 spiro atoms. The van der Waals surface area contributed by atoms with Crippen molar-refractivity contribution in [3.05, 3.63) is 142 Å². The maximum absolute atomic E-state index is 8.96. The van der Waals surface area contributed by atoms with Crippen LogP contribution in [-0.4, -0.2) is 9.97 Å². The molecule has 0 saturated carbocycles. The topological polar surface area (TPSA) is 38.9 Å². The number of rotatable bonds is 3. The van der Waals surface area contributed by atoms with E-state index in [0.29, 0.717) is 22.4 Å². The number of benzene rings is 5. The Kier molecular flexibility index (Phi) is 8.96. The summed E-state index contributed by atoms with van der Waals surface area (Å²) in [6.45, 7) is 19.2. The van der Waals surface area contributed by atoms with E-state index >= 15 is 0 Å². The molecule has 327 valence electrons. The molecule has 3 nitrogen and oxygen atoms in total. The van der Waals surface area contributed by atoms with Crippen LogP contribution in [0.4, 0.5) is 0 Å². The number of aryl methyl sites for hydroxylation is 2. The molecule has 4 heteroatoms. The molecule has 63 heavy (non-hydrogen) atoms. The summed E-state index contributed by atoms with van der Waals surface area (Å²) in [5.74, 6) is 0. The molecule has 0 N–H and O–H groups in total. The van der Waals surface area contributed by atoms with Crippen molar-refractivity contribution in [1.29, 1.82) is 0 Å². The van der Waals surface area contributed by atoms with E-state index in [2.05, 4.69) is 120 Å². The fraction of sp³-hybridized carbons (Fsp3) is 0.390. The number of hydrogen-bond acceptors (Lipinski definition) is 3. The first-order chi connectivity index (χ1) is 32.3. The van der Waals surface area contributed by atoms with Gasteiger partial charge in [0.2, 0.25) is 0 Å². The molecule has 8 aromatic rings. The van der Waals surface area contributed by atoms with Gasteiger partial charge in [0.15, 0.2) is 0 Å². The van der Waals surface area contributed by atoms with Crippen LogP contribution < -0.4 is 0 Å². The van der Waals surface area contributed by atoms with Crippen LogP contribution in [0, 0.1) is 31.3 Å². The number of nitrogens with zero attached hydrogens (tertiary/aromatic N) is 2. The molecule has 2 aliphatic carbocycles.